The number of carboxylic acid groups (broad SMARTS) is 1. The maximum absolute atomic E-state index is 12.7. The summed E-state index contributed by atoms with van der Waals surface area (Å²) < 4.78 is 37.0. The molecular weight excluding hydrogens is 298 g/mol. The van der Waals surface area contributed by atoms with Crippen LogP contribution in [-0.4, -0.2) is 56.7 Å². The van der Waals surface area contributed by atoms with Crippen LogP contribution in [0.15, 0.2) is 23.1 Å². The van der Waals surface area contributed by atoms with E-state index in [0.29, 0.717) is 13.2 Å². The predicted octanol–water partition coefficient (Wildman–Crippen LogP) is 0.803. The van der Waals surface area contributed by atoms with E-state index in [-0.39, 0.29) is 28.8 Å². The minimum atomic E-state index is -3.76. The molecule has 1 heterocycles. The number of methoxy groups -OCH3 is 1. The molecule has 1 unspecified atom stereocenters. The second kappa shape index (κ2) is 6.00. The van der Waals surface area contributed by atoms with E-state index in [4.69, 9.17) is 14.6 Å². The van der Waals surface area contributed by atoms with Crippen LogP contribution in [0.4, 0.5) is 0 Å². The van der Waals surface area contributed by atoms with E-state index in [1.54, 1.807) is 6.92 Å². The molecule has 21 heavy (non-hydrogen) atoms. The zero-order valence-corrected chi connectivity index (χ0v) is 12.6. The van der Waals surface area contributed by atoms with Crippen molar-refractivity contribution < 1.29 is 27.8 Å². The Kier molecular flexibility index (Phi) is 4.50. The summed E-state index contributed by atoms with van der Waals surface area (Å²) in [6.07, 6.45) is 0. The highest BCUT2D eigenvalue weighted by atomic mass is 32.2. The Labute approximate surface area is 123 Å². The summed E-state index contributed by atoms with van der Waals surface area (Å²) in [5.41, 5.74) is -0.0270. The number of hydrogen-bond acceptors (Lipinski definition) is 5. The van der Waals surface area contributed by atoms with Gasteiger partial charge in [0.25, 0.3) is 0 Å². The molecule has 2 rings (SSSR count). The first-order chi connectivity index (χ1) is 9.87. The number of ether oxygens (including phenoxy) is 2. The number of benzene rings is 1. The summed E-state index contributed by atoms with van der Waals surface area (Å²) in [7, 11) is -2.45. The smallest absolute Gasteiger partial charge is 0.335 e. The minimum Gasteiger partial charge on any atom is -0.495 e. The molecule has 1 N–H and O–H groups in total. The van der Waals surface area contributed by atoms with Crippen molar-refractivity contribution in [3.8, 4) is 5.75 Å². The molecule has 116 valence electrons. The quantitative estimate of drug-likeness (QED) is 0.883. The van der Waals surface area contributed by atoms with Crippen LogP contribution in [-0.2, 0) is 14.8 Å². The number of carbonyl (C=O) groups is 1. The van der Waals surface area contributed by atoms with E-state index >= 15 is 0 Å². The standard InChI is InChI=1S/C13H17NO6S/c1-9-8-20-6-5-14(9)21(17,18)12-4-3-10(13(15)16)7-11(12)19-2/h3-4,7,9H,5-6,8H2,1-2H3,(H,15,16). The van der Waals surface area contributed by atoms with Crippen LogP contribution in [0.3, 0.4) is 0 Å². The summed E-state index contributed by atoms with van der Waals surface area (Å²) >= 11 is 0. The first kappa shape index (κ1) is 15.7. The zero-order valence-electron chi connectivity index (χ0n) is 11.8. The lowest BCUT2D eigenvalue weighted by atomic mass is 10.2. The molecule has 0 aliphatic carbocycles. The van der Waals surface area contributed by atoms with Gasteiger partial charge in [-0.15, -0.1) is 0 Å². The van der Waals surface area contributed by atoms with Gasteiger partial charge in [-0.25, -0.2) is 13.2 Å². The summed E-state index contributed by atoms with van der Waals surface area (Å²) in [6, 6.07) is 3.44. The van der Waals surface area contributed by atoms with Gasteiger partial charge in [-0.1, -0.05) is 0 Å². The summed E-state index contributed by atoms with van der Waals surface area (Å²) in [5.74, 6) is -1.12. The normalized spacial score (nSPS) is 20.2. The molecule has 0 saturated carbocycles. The fourth-order valence-electron chi connectivity index (χ4n) is 2.21. The van der Waals surface area contributed by atoms with Crippen molar-refractivity contribution in [1.29, 1.82) is 0 Å². The van der Waals surface area contributed by atoms with Crippen molar-refractivity contribution in [2.45, 2.75) is 17.9 Å². The van der Waals surface area contributed by atoms with Gasteiger partial charge in [0.2, 0.25) is 10.0 Å². The summed E-state index contributed by atoms with van der Waals surface area (Å²) in [4.78, 5) is 10.9. The third-order valence-electron chi connectivity index (χ3n) is 3.30. The molecule has 0 amide bonds. The molecule has 0 radical (unpaired) electrons. The van der Waals surface area contributed by atoms with Crippen LogP contribution in [0.5, 0.6) is 5.75 Å². The summed E-state index contributed by atoms with van der Waals surface area (Å²) in [6.45, 7) is 2.68. The molecule has 1 aromatic carbocycles. The lowest BCUT2D eigenvalue weighted by Crippen LogP contribution is -2.47. The van der Waals surface area contributed by atoms with Gasteiger partial charge in [0.1, 0.15) is 10.6 Å². The monoisotopic (exact) mass is 315 g/mol. The number of rotatable bonds is 4. The van der Waals surface area contributed by atoms with Crippen LogP contribution in [0.2, 0.25) is 0 Å². The number of sulfonamides is 1. The number of hydrogen-bond donors (Lipinski definition) is 1. The molecule has 1 aliphatic heterocycles. The molecule has 0 spiro atoms. The largest absolute Gasteiger partial charge is 0.495 e. The van der Waals surface area contributed by atoms with E-state index < -0.39 is 16.0 Å². The van der Waals surface area contributed by atoms with Gasteiger partial charge in [-0.3, -0.25) is 0 Å². The SMILES string of the molecule is COc1cc(C(=O)O)ccc1S(=O)(=O)N1CCOCC1C. The second-order valence-corrected chi connectivity index (χ2v) is 6.57. The molecule has 0 aromatic heterocycles. The van der Waals surface area contributed by atoms with E-state index in [1.807, 2.05) is 0 Å². The number of carboxylic acids is 1. The van der Waals surface area contributed by atoms with Crippen LogP contribution >= 0.6 is 0 Å². The maximum atomic E-state index is 12.7. The lowest BCUT2D eigenvalue weighted by molar-refractivity contribution is 0.0392. The first-order valence-corrected chi connectivity index (χ1v) is 7.83. The average Bonchev–Trinajstić information content (AvgIpc) is 2.46. The van der Waals surface area contributed by atoms with Crippen LogP contribution in [0.25, 0.3) is 0 Å². The first-order valence-electron chi connectivity index (χ1n) is 6.39. The Balaban J connectivity index is 2.46. The topological polar surface area (TPSA) is 93.1 Å². The van der Waals surface area contributed by atoms with Gasteiger partial charge >= 0.3 is 5.97 Å². The van der Waals surface area contributed by atoms with E-state index in [0.717, 1.165) is 0 Å². The van der Waals surface area contributed by atoms with Crippen LogP contribution < -0.4 is 4.74 Å². The van der Waals surface area contributed by atoms with Crippen LogP contribution in [0, 0.1) is 0 Å². The van der Waals surface area contributed by atoms with Crippen molar-refractivity contribution in [2.75, 3.05) is 26.9 Å². The molecule has 1 aliphatic rings. The van der Waals surface area contributed by atoms with Gasteiger partial charge in [-0.05, 0) is 25.1 Å². The van der Waals surface area contributed by atoms with Crippen molar-refractivity contribution >= 4 is 16.0 Å². The van der Waals surface area contributed by atoms with Gasteiger partial charge < -0.3 is 14.6 Å². The Morgan fingerprint density at radius 2 is 2.19 bits per heavy atom. The summed E-state index contributed by atoms with van der Waals surface area (Å²) in [5, 5.41) is 8.96. The number of morpholine rings is 1. The maximum Gasteiger partial charge on any atom is 0.335 e. The third kappa shape index (κ3) is 3.02. The Bertz CT molecular complexity index is 642. The average molecular weight is 315 g/mol. The van der Waals surface area contributed by atoms with Gasteiger partial charge in [-0.2, -0.15) is 4.31 Å². The highest BCUT2D eigenvalue weighted by Gasteiger charge is 2.33. The number of nitrogens with zero attached hydrogens (tertiary/aromatic N) is 1. The van der Waals surface area contributed by atoms with E-state index in [1.165, 1.54) is 29.6 Å². The van der Waals surface area contributed by atoms with Crippen molar-refractivity contribution in [3.63, 3.8) is 0 Å². The second-order valence-electron chi connectivity index (χ2n) is 4.71. The Hall–Kier alpha value is -1.64. The van der Waals surface area contributed by atoms with Crippen molar-refractivity contribution in [1.82, 2.24) is 4.31 Å². The minimum absolute atomic E-state index is 0.0218. The van der Waals surface area contributed by atoms with Gasteiger partial charge in [0.05, 0.1) is 25.9 Å². The molecule has 8 heteroatoms. The Morgan fingerprint density at radius 1 is 1.48 bits per heavy atom. The highest BCUT2D eigenvalue weighted by molar-refractivity contribution is 7.89. The zero-order chi connectivity index (χ0) is 15.6. The molecule has 1 aromatic rings. The molecule has 0 bridgehead atoms. The predicted molar refractivity (Wildman–Crippen MR) is 74.1 cm³/mol. The fourth-order valence-corrected chi connectivity index (χ4v) is 3.95. The molecular formula is C13H17NO6S. The van der Waals surface area contributed by atoms with Crippen molar-refractivity contribution in [2.24, 2.45) is 0 Å². The molecule has 1 saturated heterocycles. The molecule has 1 fully saturated rings. The lowest BCUT2D eigenvalue weighted by Gasteiger charge is -2.32. The van der Waals surface area contributed by atoms with E-state index in [9.17, 15) is 13.2 Å². The number of aromatic carboxylic acids is 1. The fraction of sp³-hybridized carbons (Fsp3) is 0.462. The van der Waals surface area contributed by atoms with E-state index in [2.05, 4.69) is 0 Å². The third-order valence-corrected chi connectivity index (χ3v) is 5.36. The Morgan fingerprint density at radius 3 is 2.76 bits per heavy atom. The molecule has 7 nitrogen and oxygen atoms in total. The highest BCUT2D eigenvalue weighted by Crippen LogP contribution is 2.29. The van der Waals surface area contributed by atoms with Gasteiger partial charge in [0.15, 0.2) is 0 Å². The van der Waals surface area contributed by atoms with Crippen molar-refractivity contribution in [3.05, 3.63) is 23.8 Å². The van der Waals surface area contributed by atoms with Crippen LogP contribution in [0.1, 0.15) is 17.3 Å². The van der Waals surface area contributed by atoms with Gasteiger partial charge in [0, 0.05) is 12.6 Å². The molecule has 1 atom stereocenters.